The van der Waals surface area contributed by atoms with Gasteiger partial charge in [-0.1, -0.05) is 48.5 Å². The molecule has 4 heteroatoms. The lowest BCUT2D eigenvalue weighted by atomic mass is 9.89. The first-order valence-corrected chi connectivity index (χ1v) is 10.1. The first kappa shape index (κ1) is 18.5. The van der Waals surface area contributed by atoms with Gasteiger partial charge in [0.05, 0.1) is 0 Å². The summed E-state index contributed by atoms with van der Waals surface area (Å²) in [4.78, 5) is 30.4. The van der Waals surface area contributed by atoms with Crippen molar-refractivity contribution in [2.45, 2.75) is 38.5 Å². The highest BCUT2D eigenvalue weighted by Gasteiger charge is 2.24. The molecule has 4 rings (SSSR count). The van der Waals surface area contributed by atoms with E-state index in [1.165, 1.54) is 5.56 Å². The predicted molar refractivity (Wildman–Crippen MR) is 112 cm³/mol. The molecule has 2 heterocycles. The second-order valence-electron chi connectivity index (χ2n) is 7.69. The van der Waals surface area contributed by atoms with E-state index in [2.05, 4.69) is 29.2 Å². The second kappa shape index (κ2) is 8.01. The predicted octanol–water partition coefficient (Wildman–Crippen LogP) is 4.85. The number of hydrogen-bond acceptors (Lipinski definition) is 2. The number of piperidine rings is 1. The quantitative estimate of drug-likeness (QED) is 0.649. The maximum Gasteiger partial charge on any atom is 0.223 e. The molecule has 144 valence electrons. The van der Waals surface area contributed by atoms with Crippen molar-refractivity contribution in [1.82, 2.24) is 9.88 Å². The molecular weight excluding hydrogens is 348 g/mol. The summed E-state index contributed by atoms with van der Waals surface area (Å²) in [7, 11) is 0. The molecule has 1 saturated heterocycles. The fraction of sp³-hybridized carbons (Fsp3) is 0.333. The van der Waals surface area contributed by atoms with Gasteiger partial charge >= 0.3 is 0 Å². The van der Waals surface area contributed by atoms with Crippen LogP contribution in [-0.4, -0.2) is 34.7 Å². The summed E-state index contributed by atoms with van der Waals surface area (Å²) < 4.78 is 0. The third kappa shape index (κ3) is 3.72. The van der Waals surface area contributed by atoms with E-state index in [0.29, 0.717) is 11.5 Å². The zero-order valence-corrected chi connectivity index (χ0v) is 16.3. The number of likely N-dealkylation sites (tertiary alicyclic amines) is 1. The summed E-state index contributed by atoms with van der Waals surface area (Å²) in [6.07, 6.45) is 4.30. The molecule has 1 aliphatic heterocycles. The maximum atomic E-state index is 12.7. The van der Waals surface area contributed by atoms with Crippen LogP contribution < -0.4 is 0 Å². The monoisotopic (exact) mass is 374 g/mol. The average molecular weight is 374 g/mol. The van der Waals surface area contributed by atoms with E-state index >= 15 is 0 Å². The number of ketones is 1. The summed E-state index contributed by atoms with van der Waals surface area (Å²) in [5.41, 5.74) is 4.17. The number of aromatic amines is 1. The van der Waals surface area contributed by atoms with Crippen LogP contribution >= 0.6 is 0 Å². The van der Waals surface area contributed by atoms with Crippen LogP contribution in [0.15, 0.2) is 54.7 Å². The number of rotatable bonds is 5. The molecule has 2 aromatic carbocycles. The van der Waals surface area contributed by atoms with Crippen LogP contribution in [-0.2, 0) is 4.79 Å². The Morgan fingerprint density at radius 1 is 1.00 bits per heavy atom. The highest BCUT2D eigenvalue weighted by Crippen LogP contribution is 2.28. The number of H-pyrrole nitrogens is 1. The number of nitrogens with zero attached hydrogens (tertiary/aromatic N) is 1. The number of carbonyl (C=O) groups is 2. The number of para-hydroxylation sites is 1. The Kier molecular flexibility index (Phi) is 5.29. The van der Waals surface area contributed by atoms with Gasteiger partial charge in [-0.05, 0) is 36.8 Å². The molecule has 0 spiro atoms. The third-order valence-electron chi connectivity index (χ3n) is 5.91. The smallest absolute Gasteiger partial charge is 0.223 e. The van der Waals surface area contributed by atoms with Crippen LogP contribution in [0.4, 0.5) is 0 Å². The molecule has 3 aromatic rings. The standard InChI is InChI=1S/C24H26N2O2/c1-17-6-5-9-20-21(16-25-24(17)20)22(27)10-11-23(28)26-14-12-19(13-15-26)18-7-3-2-4-8-18/h2-9,16,19,25H,10-15H2,1H3. The first-order valence-electron chi connectivity index (χ1n) is 10.1. The largest absolute Gasteiger partial charge is 0.360 e. The summed E-state index contributed by atoms with van der Waals surface area (Å²) in [6.45, 7) is 3.58. The number of aryl methyl sites for hydroxylation is 1. The molecule has 4 nitrogen and oxygen atoms in total. The lowest BCUT2D eigenvalue weighted by Crippen LogP contribution is -2.38. The van der Waals surface area contributed by atoms with E-state index in [1.807, 2.05) is 36.1 Å². The van der Waals surface area contributed by atoms with Crippen LogP contribution in [0.2, 0.25) is 0 Å². The third-order valence-corrected chi connectivity index (χ3v) is 5.91. The highest BCUT2D eigenvalue weighted by atomic mass is 16.2. The molecule has 0 aliphatic carbocycles. The number of hydrogen-bond donors (Lipinski definition) is 1. The van der Waals surface area contributed by atoms with E-state index < -0.39 is 0 Å². The zero-order chi connectivity index (χ0) is 19.5. The van der Waals surface area contributed by atoms with Gasteiger partial charge < -0.3 is 9.88 Å². The molecule has 28 heavy (non-hydrogen) atoms. The van der Waals surface area contributed by atoms with E-state index in [0.717, 1.165) is 42.4 Å². The van der Waals surface area contributed by atoms with Crippen molar-refractivity contribution in [2.24, 2.45) is 0 Å². The van der Waals surface area contributed by atoms with Gasteiger partial charge in [0, 0.05) is 48.6 Å². The van der Waals surface area contributed by atoms with Gasteiger partial charge in [-0.15, -0.1) is 0 Å². The van der Waals surface area contributed by atoms with E-state index in [9.17, 15) is 9.59 Å². The summed E-state index contributed by atoms with van der Waals surface area (Å²) in [5, 5.41) is 0.945. The number of Topliss-reactive ketones (excluding diaryl/α,β-unsaturated/α-hetero) is 1. The maximum absolute atomic E-state index is 12.7. The van der Waals surface area contributed by atoms with Gasteiger partial charge in [0.15, 0.2) is 5.78 Å². The minimum Gasteiger partial charge on any atom is -0.360 e. The molecule has 1 aliphatic rings. The molecule has 1 amide bonds. The molecule has 0 unspecified atom stereocenters. The van der Waals surface area contributed by atoms with Crippen LogP contribution in [0, 0.1) is 6.92 Å². The number of benzene rings is 2. The van der Waals surface area contributed by atoms with Crippen molar-refractivity contribution in [3.8, 4) is 0 Å². The Bertz CT molecular complexity index is 982. The van der Waals surface area contributed by atoms with Gasteiger partial charge in [0.1, 0.15) is 0 Å². The summed E-state index contributed by atoms with van der Waals surface area (Å²) in [5.74, 6) is 0.654. The van der Waals surface area contributed by atoms with Crippen molar-refractivity contribution < 1.29 is 9.59 Å². The second-order valence-corrected chi connectivity index (χ2v) is 7.69. The lowest BCUT2D eigenvalue weighted by Gasteiger charge is -2.32. The summed E-state index contributed by atoms with van der Waals surface area (Å²) in [6, 6.07) is 16.5. The number of amides is 1. The van der Waals surface area contributed by atoms with E-state index in [4.69, 9.17) is 0 Å². The number of fused-ring (bicyclic) bond motifs is 1. The van der Waals surface area contributed by atoms with Crippen molar-refractivity contribution in [1.29, 1.82) is 0 Å². The number of carbonyl (C=O) groups excluding carboxylic acids is 2. The molecule has 1 aromatic heterocycles. The molecule has 0 atom stereocenters. The average Bonchev–Trinajstić information content (AvgIpc) is 3.18. The zero-order valence-electron chi connectivity index (χ0n) is 16.3. The Labute approximate surface area is 165 Å². The Morgan fingerprint density at radius 3 is 2.50 bits per heavy atom. The Balaban J connectivity index is 1.32. The normalized spacial score (nSPS) is 15.1. The lowest BCUT2D eigenvalue weighted by molar-refractivity contribution is -0.132. The molecule has 1 fully saturated rings. The van der Waals surface area contributed by atoms with Gasteiger partial charge in [-0.25, -0.2) is 0 Å². The molecule has 1 N–H and O–H groups in total. The van der Waals surface area contributed by atoms with Crippen molar-refractivity contribution in [3.05, 3.63) is 71.4 Å². The van der Waals surface area contributed by atoms with E-state index in [-0.39, 0.29) is 24.5 Å². The minimum atomic E-state index is 0.0318. The SMILES string of the molecule is Cc1cccc2c(C(=O)CCC(=O)N3CCC(c4ccccc4)CC3)c[nH]c12. The van der Waals surface area contributed by atoms with E-state index in [1.54, 1.807) is 6.20 Å². The topological polar surface area (TPSA) is 53.2 Å². The number of nitrogens with one attached hydrogen (secondary N) is 1. The van der Waals surface area contributed by atoms with Crippen molar-refractivity contribution in [2.75, 3.05) is 13.1 Å². The summed E-state index contributed by atoms with van der Waals surface area (Å²) >= 11 is 0. The van der Waals surface area contributed by atoms with Crippen molar-refractivity contribution >= 4 is 22.6 Å². The van der Waals surface area contributed by atoms with Gasteiger partial charge in [0.2, 0.25) is 5.91 Å². The van der Waals surface area contributed by atoms with Gasteiger partial charge in [-0.3, -0.25) is 9.59 Å². The first-order chi connectivity index (χ1) is 13.6. The van der Waals surface area contributed by atoms with Gasteiger partial charge in [0.25, 0.3) is 0 Å². The van der Waals surface area contributed by atoms with Crippen LogP contribution in [0.25, 0.3) is 10.9 Å². The Morgan fingerprint density at radius 2 is 1.75 bits per heavy atom. The highest BCUT2D eigenvalue weighted by molar-refractivity contribution is 6.09. The van der Waals surface area contributed by atoms with Crippen molar-refractivity contribution in [3.63, 3.8) is 0 Å². The minimum absolute atomic E-state index is 0.0318. The molecular formula is C24H26N2O2. The van der Waals surface area contributed by atoms with Crippen LogP contribution in [0.1, 0.15) is 53.1 Å². The number of aromatic nitrogens is 1. The fourth-order valence-corrected chi connectivity index (χ4v) is 4.24. The molecule has 0 saturated carbocycles. The van der Waals surface area contributed by atoms with Gasteiger partial charge in [-0.2, -0.15) is 0 Å². The van der Waals surface area contributed by atoms with Crippen LogP contribution in [0.3, 0.4) is 0 Å². The Hall–Kier alpha value is -2.88. The molecule has 0 bridgehead atoms. The fourth-order valence-electron chi connectivity index (χ4n) is 4.24. The van der Waals surface area contributed by atoms with Crippen LogP contribution in [0.5, 0.6) is 0 Å². The molecule has 0 radical (unpaired) electrons.